The average molecular weight is 321 g/mol. The van der Waals surface area contributed by atoms with Crippen molar-refractivity contribution >= 4 is 15.7 Å². The normalized spacial score (nSPS) is 35.6. The van der Waals surface area contributed by atoms with Crippen LogP contribution in [0.3, 0.4) is 0 Å². The van der Waals surface area contributed by atoms with Gasteiger partial charge >= 0.3 is 12.1 Å². The maximum absolute atomic E-state index is 12.2. The summed E-state index contributed by atoms with van der Waals surface area (Å²) in [6, 6.07) is -1.86. The summed E-state index contributed by atoms with van der Waals surface area (Å²) < 4.78 is 64.6. The SMILES string of the molecule is C[C@H]1O[C@H](O)C[C@H](NC(=O)C(F)(F)F)[C@]1(O)S(C)(=O)=O. The first kappa shape index (κ1) is 17.1. The molecule has 7 nitrogen and oxygen atoms in total. The molecular formula is C9H14F3NO6S. The lowest BCUT2D eigenvalue weighted by Crippen LogP contribution is -2.68. The van der Waals surface area contributed by atoms with Gasteiger partial charge in [0.25, 0.3) is 0 Å². The minimum Gasteiger partial charge on any atom is -0.371 e. The van der Waals surface area contributed by atoms with E-state index >= 15 is 0 Å². The van der Waals surface area contributed by atoms with Crippen molar-refractivity contribution in [1.29, 1.82) is 0 Å². The van der Waals surface area contributed by atoms with Crippen LogP contribution in [0.1, 0.15) is 13.3 Å². The number of aliphatic hydroxyl groups is 2. The Balaban J connectivity index is 3.14. The summed E-state index contributed by atoms with van der Waals surface area (Å²) in [5.41, 5.74) is 0. The average Bonchev–Trinajstić information content (AvgIpc) is 2.21. The Kier molecular flexibility index (Phi) is 4.40. The summed E-state index contributed by atoms with van der Waals surface area (Å²) in [5, 5.41) is 20.8. The summed E-state index contributed by atoms with van der Waals surface area (Å²) in [7, 11) is -4.30. The van der Waals surface area contributed by atoms with Crippen molar-refractivity contribution in [3.05, 3.63) is 0 Å². The van der Waals surface area contributed by atoms with Crippen LogP contribution < -0.4 is 5.32 Å². The van der Waals surface area contributed by atoms with Gasteiger partial charge in [-0.15, -0.1) is 0 Å². The lowest BCUT2D eigenvalue weighted by atomic mass is 9.98. The fourth-order valence-electron chi connectivity index (χ4n) is 2.00. The standard InChI is InChI=1S/C9H14F3NO6S/c1-4-8(16,20(2,17)18)5(3-6(14)19-4)13-7(15)9(10,11)12/h4-6,14,16H,3H2,1-2H3,(H,13,15)/t4-,5+,6+,8-/m1/s1. The smallest absolute Gasteiger partial charge is 0.371 e. The predicted octanol–water partition coefficient (Wildman–Crippen LogP) is -1.11. The molecule has 0 aromatic carbocycles. The predicted molar refractivity (Wildman–Crippen MR) is 59.0 cm³/mol. The molecule has 4 atom stereocenters. The van der Waals surface area contributed by atoms with Crippen LogP contribution in [0, 0.1) is 0 Å². The van der Waals surface area contributed by atoms with E-state index in [2.05, 4.69) is 0 Å². The largest absolute Gasteiger partial charge is 0.471 e. The minimum atomic E-state index is -5.25. The molecule has 11 heteroatoms. The molecule has 0 aromatic rings. The van der Waals surface area contributed by atoms with Crippen molar-refractivity contribution in [1.82, 2.24) is 5.32 Å². The minimum absolute atomic E-state index is 0.595. The molecule has 1 aliphatic heterocycles. The Morgan fingerprint density at radius 2 is 1.95 bits per heavy atom. The van der Waals surface area contributed by atoms with Crippen LogP contribution in [-0.4, -0.2) is 60.3 Å². The van der Waals surface area contributed by atoms with E-state index in [1.165, 1.54) is 5.32 Å². The molecule has 1 fully saturated rings. The second-order valence-electron chi connectivity index (χ2n) is 4.52. The molecule has 0 aliphatic carbocycles. The van der Waals surface area contributed by atoms with Gasteiger partial charge in [-0.05, 0) is 6.92 Å². The van der Waals surface area contributed by atoms with Crippen LogP contribution in [0.4, 0.5) is 13.2 Å². The molecule has 1 aliphatic rings. The summed E-state index contributed by atoms with van der Waals surface area (Å²) in [6.07, 6.45) is -8.48. The second-order valence-corrected chi connectivity index (χ2v) is 6.71. The van der Waals surface area contributed by atoms with Gasteiger partial charge in [0.2, 0.25) is 4.93 Å². The van der Waals surface area contributed by atoms with Gasteiger partial charge < -0.3 is 20.3 Å². The number of carbonyl (C=O) groups is 1. The van der Waals surface area contributed by atoms with Gasteiger partial charge in [-0.2, -0.15) is 13.2 Å². The number of hydrogen-bond donors (Lipinski definition) is 3. The monoisotopic (exact) mass is 321 g/mol. The van der Waals surface area contributed by atoms with E-state index in [0.29, 0.717) is 6.26 Å². The third-order valence-electron chi connectivity index (χ3n) is 3.04. The first-order valence-corrected chi connectivity index (χ1v) is 7.32. The molecule has 20 heavy (non-hydrogen) atoms. The Hall–Kier alpha value is -0.910. The Labute approximate surface area is 112 Å². The highest BCUT2D eigenvalue weighted by Gasteiger charge is 2.57. The van der Waals surface area contributed by atoms with E-state index in [-0.39, 0.29) is 0 Å². The maximum Gasteiger partial charge on any atom is 0.471 e. The number of sulfone groups is 1. The van der Waals surface area contributed by atoms with Gasteiger partial charge in [-0.1, -0.05) is 0 Å². The van der Waals surface area contributed by atoms with E-state index in [4.69, 9.17) is 4.74 Å². The topological polar surface area (TPSA) is 113 Å². The van der Waals surface area contributed by atoms with Gasteiger partial charge in [0, 0.05) is 12.7 Å². The van der Waals surface area contributed by atoms with Crippen LogP contribution in [-0.2, 0) is 19.4 Å². The van der Waals surface area contributed by atoms with E-state index in [1.54, 1.807) is 0 Å². The van der Waals surface area contributed by atoms with E-state index in [0.717, 1.165) is 6.92 Å². The van der Waals surface area contributed by atoms with Crippen LogP contribution in [0.15, 0.2) is 0 Å². The van der Waals surface area contributed by atoms with Crippen molar-refractivity contribution in [3.63, 3.8) is 0 Å². The molecule has 3 N–H and O–H groups in total. The number of carbonyl (C=O) groups excluding carboxylic acids is 1. The highest BCUT2D eigenvalue weighted by Crippen LogP contribution is 2.33. The van der Waals surface area contributed by atoms with Crippen LogP contribution in [0.2, 0.25) is 0 Å². The summed E-state index contributed by atoms with van der Waals surface area (Å²) in [6.45, 7) is 1.07. The molecule has 0 unspecified atom stereocenters. The van der Waals surface area contributed by atoms with Crippen molar-refractivity contribution in [3.8, 4) is 0 Å². The van der Waals surface area contributed by atoms with Crippen molar-refractivity contribution in [2.75, 3.05) is 6.26 Å². The zero-order valence-electron chi connectivity index (χ0n) is 10.5. The molecule has 1 saturated heterocycles. The highest BCUT2D eigenvalue weighted by molar-refractivity contribution is 7.92. The van der Waals surface area contributed by atoms with Crippen LogP contribution in [0.5, 0.6) is 0 Å². The molecule has 0 saturated carbocycles. The third kappa shape index (κ3) is 3.05. The quantitative estimate of drug-likeness (QED) is 0.595. The number of aliphatic hydroxyl groups excluding tert-OH is 1. The van der Waals surface area contributed by atoms with Gasteiger partial charge in [-0.25, -0.2) is 8.42 Å². The molecule has 1 heterocycles. The lowest BCUT2D eigenvalue weighted by Gasteiger charge is -2.44. The molecule has 0 radical (unpaired) electrons. The fourth-order valence-corrected chi connectivity index (χ4v) is 3.34. The van der Waals surface area contributed by atoms with Crippen molar-refractivity contribution in [2.24, 2.45) is 0 Å². The van der Waals surface area contributed by atoms with E-state index < -0.39 is 51.7 Å². The van der Waals surface area contributed by atoms with E-state index in [1.807, 2.05) is 0 Å². The molecular weight excluding hydrogens is 307 g/mol. The summed E-state index contributed by atoms with van der Waals surface area (Å²) >= 11 is 0. The Bertz CT molecular complexity index is 492. The first-order valence-electron chi connectivity index (χ1n) is 5.43. The summed E-state index contributed by atoms with van der Waals surface area (Å²) in [5.74, 6) is -2.41. The lowest BCUT2D eigenvalue weighted by molar-refractivity contribution is -0.218. The number of nitrogens with one attached hydrogen (secondary N) is 1. The first-order chi connectivity index (χ1) is 8.80. The van der Waals surface area contributed by atoms with Crippen molar-refractivity contribution < 1.29 is 41.3 Å². The molecule has 118 valence electrons. The summed E-state index contributed by atoms with van der Waals surface area (Å²) in [4.78, 5) is 8.13. The van der Waals surface area contributed by atoms with Crippen LogP contribution >= 0.6 is 0 Å². The van der Waals surface area contributed by atoms with Gasteiger partial charge in [0.1, 0.15) is 6.10 Å². The van der Waals surface area contributed by atoms with Crippen LogP contribution in [0.25, 0.3) is 0 Å². The molecule has 0 spiro atoms. The van der Waals surface area contributed by atoms with E-state index in [9.17, 15) is 36.6 Å². The zero-order chi connectivity index (χ0) is 15.9. The van der Waals surface area contributed by atoms with Gasteiger partial charge in [0.15, 0.2) is 16.1 Å². The second kappa shape index (κ2) is 5.13. The molecule has 1 rings (SSSR count). The Morgan fingerprint density at radius 1 is 1.45 bits per heavy atom. The molecule has 1 amide bonds. The number of hydrogen-bond acceptors (Lipinski definition) is 6. The van der Waals surface area contributed by atoms with Gasteiger partial charge in [0.05, 0.1) is 6.04 Å². The molecule has 0 bridgehead atoms. The number of rotatable bonds is 2. The fraction of sp³-hybridized carbons (Fsp3) is 0.889. The third-order valence-corrected chi connectivity index (χ3v) is 4.84. The number of halogens is 3. The molecule has 0 aromatic heterocycles. The Morgan fingerprint density at radius 3 is 2.35 bits per heavy atom. The number of ether oxygens (including phenoxy) is 1. The number of amides is 1. The zero-order valence-corrected chi connectivity index (χ0v) is 11.3. The van der Waals surface area contributed by atoms with Crippen molar-refractivity contribution in [2.45, 2.75) is 42.9 Å². The highest BCUT2D eigenvalue weighted by atomic mass is 32.2. The van der Waals surface area contributed by atoms with Gasteiger partial charge in [-0.3, -0.25) is 4.79 Å². The maximum atomic E-state index is 12.2. The number of alkyl halides is 3.